The van der Waals surface area contributed by atoms with Gasteiger partial charge in [0.2, 0.25) is 0 Å². The highest BCUT2D eigenvalue weighted by Crippen LogP contribution is 2.32. The van der Waals surface area contributed by atoms with Gasteiger partial charge >= 0.3 is 0 Å². The quantitative estimate of drug-likeness (QED) is 0.770. The molecular weight excluding hydrogens is 344 g/mol. The van der Waals surface area contributed by atoms with Gasteiger partial charge in [0.1, 0.15) is 5.56 Å². The third-order valence-corrected chi connectivity index (χ3v) is 5.54. The first-order chi connectivity index (χ1) is 13.0. The lowest BCUT2D eigenvalue weighted by Gasteiger charge is -2.28. The minimum Gasteiger partial charge on any atom is -0.376 e. The summed E-state index contributed by atoms with van der Waals surface area (Å²) in [6.45, 7) is 1.38. The summed E-state index contributed by atoms with van der Waals surface area (Å²) in [5.74, 6) is 0.470. The van der Waals surface area contributed by atoms with Crippen LogP contribution >= 0.6 is 0 Å². The number of aromatic nitrogens is 3. The Morgan fingerprint density at radius 2 is 2.11 bits per heavy atom. The molecule has 1 saturated heterocycles. The molecule has 0 spiro atoms. The Bertz CT molecular complexity index is 883. The fourth-order valence-electron chi connectivity index (χ4n) is 3.79. The summed E-state index contributed by atoms with van der Waals surface area (Å²) < 4.78 is 9.40. The predicted octanol–water partition coefficient (Wildman–Crippen LogP) is 1.37. The molecule has 1 aliphatic carbocycles. The zero-order chi connectivity index (χ0) is 19.0. The lowest BCUT2D eigenvalue weighted by molar-refractivity contribution is 0.0199. The Morgan fingerprint density at radius 1 is 1.30 bits per heavy atom. The summed E-state index contributed by atoms with van der Waals surface area (Å²) in [5.41, 5.74) is 1.03. The van der Waals surface area contributed by atoms with Gasteiger partial charge in [-0.15, -0.1) is 0 Å². The number of nitrogens with zero attached hydrogens (tertiary/aromatic N) is 4. The Labute approximate surface area is 158 Å². The smallest absolute Gasteiger partial charge is 0.263 e. The van der Waals surface area contributed by atoms with Crippen molar-refractivity contribution < 1.29 is 9.53 Å². The normalized spacial score (nSPS) is 22.4. The number of pyridine rings is 1. The molecule has 7 nitrogen and oxygen atoms in total. The molecule has 0 N–H and O–H groups in total. The molecule has 3 heterocycles. The Kier molecular flexibility index (Phi) is 4.86. The van der Waals surface area contributed by atoms with Crippen molar-refractivity contribution in [2.45, 2.75) is 37.8 Å². The number of hydrogen-bond acceptors (Lipinski definition) is 4. The van der Waals surface area contributed by atoms with Gasteiger partial charge in [0.15, 0.2) is 0 Å². The molecule has 4 rings (SSSR count). The first-order valence-corrected chi connectivity index (χ1v) is 9.58. The van der Waals surface area contributed by atoms with Crippen molar-refractivity contribution in [3.63, 3.8) is 0 Å². The lowest BCUT2D eigenvalue weighted by atomic mass is 10.0. The molecule has 1 amide bonds. The Morgan fingerprint density at radius 3 is 2.81 bits per heavy atom. The van der Waals surface area contributed by atoms with E-state index in [2.05, 4.69) is 5.10 Å². The highest BCUT2D eigenvalue weighted by Gasteiger charge is 2.39. The molecule has 2 fully saturated rings. The zero-order valence-electron chi connectivity index (χ0n) is 15.9. The SMILES string of the molecule is Cn1cc(C[C@H]2[C@H](OCC3CC3)CCN2C(=O)c2cccn(C)c2=O)cn1. The van der Waals surface area contributed by atoms with E-state index in [0.717, 1.165) is 18.6 Å². The van der Waals surface area contributed by atoms with E-state index in [1.165, 1.54) is 17.4 Å². The molecule has 7 heteroatoms. The average Bonchev–Trinajstić information content (AvgIpc) is 3.27. The largest absolute Gasteiger partial charge is 0.376 e. The standard InChI is InChI=1S/C20H26N4O3/c1-22-8-3-4-16(19(22)25)20(26)24-9-7-18(27-13-14-5-6-14)17(24)10-15-11-21-23(2)12-15/h3-4,8,11-12,14,17-18H,5-7,9-10,13H2,1-2H3/t17-,18+/m0/s1. The number of carbonyl (C=O) groups excluding carboxylic acids is 1. The van der Waals surface area contributed by atoms with E-state index in [9.17, 15) is 9.59 Å². The maximum Gasteiger partial charge on any atom is 0.263 e. The number of hydrogen-bond donors (Lipinski definition) is 0. The fraction of sp³-hybridized carbons (Fsp3) is 0.550. The summed E-state index contributed by atoms with van der Waals surface area (Å²) in [6.07, 6.45) is 9.44. The van der Waals surface area contributed by atoms with E-state index in [4.69, 9.17) is 4.74 Å². The number of aryl methyl sites for hydroxylation is 2. The van der Waals surface area contributed by atoms with Crippen LogP contribution in [0, 0.1) is 5.92 Å². The number of ether oxygens (including phenoxy) is 1. The van der Waals surface area contributed by atoms with Gasteiger partial charge in [0, 0.05) is 39.6 Å². The van der Waals surface area contributed by atoms with E-state index in [0.29, 0.717) is 18.9 Å². The van der Waals surface area contributed by atoms with Gasteiger partial charge in [-0.2, -0.15) is 5.10 Å². The second kappa shape index (κ2) is 7.31. The second-order valence-corrected chi connectivity index (χ2v) is 7.73. The van der Waals surface area contributed by atoms with Crippen LogP contribution in [-0.4, -0.2) is 50.5 Å². The van der Waals surface area contributed by atoms with Crippen molar-refractivity contribution >= 4 is 5.91 Å². The number of likely N-dealkylation sites (tertiary alicyclic amines) is 1. The van der Waals surface area contributed by atoms with E-state index >= 15 is 0 Å². The number of carbonyl (C=O) groups is 1. The van der Waals surface area contributed by atoms with E-state index in [1.54, 1.807) is 30.1 Å². The predicted molar refractivity (Wildman–Crippen MR) is 101 cm³/mol. The van der Waals surface area contributed by atoms with Crippen LogP contribution in [0.25, 0.3) is 0 Å². The molecule has 144 valence electrons. The first-order valence-electron chi connectivity index (χ1n) is 9.58. The summed E-state index contributed by atoms with van der Waals surface area (Å²) in [5, 5.41) is 4.24. The van der Waals surface area contributed by atoms with Gasteiger partial charge in [0.05, 0.1) is 18.3 Å². The zero-order valence-corrected chi connectivity index (χ0v) is 15.9. The van der Waals surface area contributed by atoms with Crippen molar-refractivity contribution in [2.24, 2.45) is 20.0 Å². The van der Waals surface area contributed by atoms with E-state index in [-0.39, 0.29) is 29.2 Å². The minimum atomic E-state index is -0.259. The van der Waals surface area contributed by atoms with Crippen LogP contribution in [0.5, 0.6) is 0 Å². The molecule has 27 heavy (non-hydrogen) atoms. The Hall–Kier alpha value is -2.41. The monoisotopic (exact) mass is 370 g/mol. The van der Waals surface area contributed by atoms with Gasteiger partial charge in [-0.25, -0.2) is 0 Å². The number of rotatable bonds is 6. The highest BCUT2D eigenvalue weighted by atomic mass is 16.5. The molecule has 0 unspecified atom stereocenters. The van der Waals surface area contributed by atoms with Crippen LogP contribution in [0.1, 0.15) is 35.2 Å². The van der Waals surface area contributed by atoms with Gasteiger partial charge < -0.3 is 14.2 Å². The van der Waals surface area contributed by atoms with Crippen LogP contribution in [0.4, 0.5) is 0 Å². The second-order valence-electron chi connectivity index (χ2n) is 7.73. The van der Waals surface area contributed by atoms with Crippen molar-refractivity contribution in [1.82, 2.24) is 19.2 Å². The van der Waals surface area contributed by atoms with Crippen LogP contribution in [0.3, 0.4) is 0 Å². The minimum absolute atomic E-state index is 0.00215. The van der Waals surface area contributed by atoms with Crippen molar-refractivity contribution in [1.29, 1.82) is 0 Å². The first kappa shape index (κ1) is 18.0. The molecular formula is C20H26N4O3. The highest BCUT2D eigenvalue weighted by molar-refractivity contribution is 5.94. The molecule has 2 atom stereocenters. The van der Waals surface area contributed by atoms with Crippen molar-refractivity contribution in [3.8, 4) is 0 Å². The van der Waals surface area contributed by atoms with Gasteiger partial charge in [-0.3, -0.25) is 14.3 Å². The lowest BCUT2D eigenvalue weighted by Crippen LogP contribution is -2.44. The third kappa shape index (κ3) is 3.83. The summed E-state index contributed by atoms with van der Waals surface area (Å²) in [4.78, 5) is 27.4. The third-order valence-electron chi connectivity index (χ3n) is 5.54. The van der Waals surface area contributed by atoms with Crippen molar-refractivity contribution in [3.05, 3.63) is 52.2 Å². The maximum atomic E-state index is 13.2. The summed E-state index contributed by atoms with van der Waals surface area (Å²) in [6, 6.07) is 3.27. The summed E-state index contributed by atoms with van der Waals surface area (Å²) >= 11 is 0. The molecule has 2 aromatic rings. The van der Waals surface area contributed by atoms with E-state index in [1.807, 2.05) is 24.3 Å². The Balaban J connectivity index is 1.57. The molecule has 0 radical (unpaired) electrons. The van der Waals surface area contributed by atoms with Gasteiger partial charge in [-0.05, 0) is 49.3 Å². The number of amides is 1. The van der Waals surface area contributed by atoms with Crippen molar-refractivity contribution in [2.75, 3.05) is 13.2 Å². The van der Waals surface area contributed by atoms with Gasteiger partial charge in [-0.1, -0.05) is 0 Å². The molecule has 0 aromatic carbocycles. The fourth-order valence-corrected chi connectivity index (χ4v) is 3.79. The van der Waals surface area contributed by atoms with Crippen LogP contribution in [-0.2, 0) is 25.3 Å². The molecule has 2 aliphatic rings. The van der Waals surface area contributed by atoms with Crippen LogP contribution in [0.15, 0.2) is 35.5 Å². The van der Waals surface area contributed by atoms with Crippen LogP contribution < -0.4 is 5.56 Å². The van der Waals surface area contributed by atoms with Gasteiger partial charge in [0.25, 0.3) is 11.5 Å². The topological polar surface area (TPSA) is 69.4 Å². The maximum absolute atomic E-state index is 13.2. The molecule has 2 aromatic heterocycles. The molecule has 1 aliphatic heterocycles. The average molecular weight is 370 g/mol. The van der Waals surface area contributed by atoms with Crippen LogP contribution in [0.2, 0.25) is 0 Å². The molecule has 1 saturated carbocycles. The summed E-state index contributed by atoms with van der Waals surface area (Å²) in [7, 11) is 3.55. The molecule has 0 bridgehead atoms. The van der Waals surface area contributed by atoms with E-state index < -0.39 is 0 Å².